The van der Waals surface area contributed by atoms with Crippen LogP contribution in [0.1, 0.15) is 5.56 Å². The Balaban J connectivity index is 2.07. The molecular formula is C10H10BrNO2S. The SMILES string of the molecule is O=S1(=O)CC2(CNc3cc(Br)ccc32)C1. The Labute approximate surface area is 96.9 Å². The summed E-state index contributed by atoms with van der Waals surface area (Å²) in [4.78, 5) is 0. The van der Waals surface area contributed by atoms with E-state index in [0.717, 1.165) is 22.3 Å². The van der Waals surface area contributed by atoms with Crippen LogP contribution < -0.4 is 5.32 Å². The molecule has 1 spiro atoms. The number of fused-ring (bicyclic) bond motifs is 2. The minimum atomic E-state index is -2.78. The summed E-state index contributed by atoms with van der Waals surface area (Å²) in [7, 11) is -2.78. The van der Waals surface area contributed by atoms with E-state index in [0.29, 0.717) is 11.5 Å². The molecule has 3 nitrogen and oxygen atoms in total. The Hall–Kier alpha value is -0.550. The van der Waals surface area contributed by atoms with Crippen molar-refractivity contribution in [3.05, 3.63) is 28.2 Å². The number of hydrogen-bond acceptors (Lipinski definition) is 3. The van der Waals surface area contributed by atoms with Gasteiger partial charge in [-0.05, 0) is 17.7 Å². The van der Waals surface area contributed by atoms with Crippen molar-refractivity contribution in [1.82, 2.24) is 0 Å². The first-order valence-electron chi connectivity index (χ1n) is 4.75. The van der Waals surface area contributed by atoms with E-state index in [-0.39, 0.29) is 5.41 Å². The zero-order valence-corrected chi connectivity index (χ0v) is 10.4. The molecule has 2 aliphatic rings. The average molecular weight is 288 g/mol. The van der Waals surface area contributed by atoms with E-state index in [9.17, 15) is 8.42 Å². The van der Waals surface area contributed by atoms with Gasteiger partial charge in [0, 0.05) is 22.1 Å². The van der Waals surface area contributed by atoms with Gasteiger partial charge in [-0.15, -0.1) is 0 Å². The minimum Gasteiger partial charge on any atom is -0.384 e. The van der Waals surface area contributed by atoms with Gasteiger partial charge in [-0.2, -0.15) is 0 Å². The third-order valence-electron chi connectivity index (χ3n) is 3.16. The second-order valence-corrected chi connectivity index (χ2v) is 7.34. The molecule has 0 aliphatic carbocycles. The molecule has 0 bridgehead atoms. The predicted molar refractivity (Wildman–Crippen MR) is 63.0 cm³/mol. The van der Waals surface area contributed by atoms with Crippen molar-refractivity contribution in [3.8, 4) is 0 Å². The first kappa shape index (κ1) is 9.66. The van der Waals surface area contributed by atoms with Gasteiger partial charge < -0.3 is 5.32 Å². The van der Waals surface area contributed by atoms with Gasteiger partial charge in [-0.1, -0.05) is 22.0 Å². The van der Waals surface area contributed by atoms with Crippen molar-refractivity contribution in [2.45, 2.75) is 5.41 Å². The first-order valence-corrected chi connectivity index (χ1v) is 7.37. The Morgan fingerprint density at radius 3 is 2.73 bits per heavy atom. The highest BCUT2D eigenvalue weighted by molar-refractivity contribution is 9.10. The van der Waals surface area contributed by atoms with E-state index < -0.39 is 9.84 Å². The Morgan fingerprint density at radius 2 is 2.07 bits per heavy atom. The van der Waals surface area contributed by atoms with E-state index in [2.05, 4.69) is 21.2 Å². The molecule has 1 saturated heterocycles. The van der Waals surface area contributed by atoms with Gasteiger partial charge >= 0.3 is 0 Å². The molecule has 1 N–H and O–H groups in total. The van der Waals surface area contributed by atoms with Crippen LogP contribution in [0.15, 0.2) is 22.7 Å². The van der Waals surface area contributed by atoms with E-state index in [4.69, 9.17) is 0 Å². The fourth-order valence-corrected chi connectivity index (χ4v) is 5.02. The lowest BCUT2D eigenvalue weighted by molar-refractivity contribution is 0.489. The van der Waals surface area contributed by atoms with Gasteiger partial charge in [0.25, 0.3) is 0 Å². The van der Waals surface area contributed by atoms with Crippen molar-refractivity contribution in [3.63, 3.8) is 0 Å². The lowest BCUT2D eigenvalue weighted by Gasteiger charge is -2.37. The first-order chi connectivity index (χ1) is 7.01. The Morgan fingerprint density at radius 1 is 1.33 bits per heavy atom. The molecule has 3 rings (SSSR count). The lowest BCUT2D eigenvalue weighted by Crippen LogP contribution is -2.53. The van der Waals surface area contributed by atoms with Gasteiger partial charge in [0.15, 0.2) is 9.84 Å². The molecule has 0 amide bonds. The molecule has 0 radical (unpaired) electrons. The molecule has 0 atom stereocenters. The monoisotopic (exact) mass is 287 g/mol. The van der Waals surface area contributed by atoms with E-state index in [1.54, 1.807) is 0 Å². The zero-order chi connectivity index (χ0) is 10.7. The molecule has 0 unspecified atom stereocenters. The summed E-state index contributed by atoms with van der Waals surface area (Å²) < 4.78 is 23.6. The van der Waals surface area contributed by atoms with E-state index in [1.807, 2.05) is 18.2 Å². The number of rotatable bonds is 0. The molecule has 15 heavy (non-hydrogen) atoms. The number of hydrogen-bond donors (Lipinski definition) is 1. The highest BCUT2D eigenvalue weighted by atomic mass is 79.9. The molecule has 1 aromatic carbocycles. The molecular weight excluding hydrogens is 278 g/mol. The van der Waals surface area contributed by atoms with Gasteiger partial charge in [0.05, 0.1) is 11.5 Å². The standard InChI is InChI=1S/C10H10BrNO2S/c11-7-1-2-8-9(3-7)12-4-10(8)5-15(13,14)6-10/h1-3,12H,4-6H2. The predicted octanol–water partition coefficient (Wildman–Crippen LogP) is 1.54. The highest BCUT2D eigenvalue weighted by Gasteiger charge is 2.53. The molecule has 5 heteroatoms. The third-order valence-corrected chi connectivity index (χ3v) is 5.64. The van der Waals surface area contributed by atoms with Crippen molar-refractivity contribution in [1.29, 1.82) is 0 Å². The molecule has 0 saturated carbocycles. The van der Waals surface area contributed by atoms with Crippen molar-refractivity contribution < 1.29 is 8.42 Å². The Kier molecular flexibility index (Phi) is 1.78. The van der Waals surface area contributed by atoms with Crippen LogP contribution in [0.5, 0.6) is 0 Å². The number of sulfone groups is 1. The summed E-state index contributed by atoms with van der Waals surface area (Å²) >= 11 is 3.41. The summed E-state index contributed by atoms with van der Waals surface area (Å²) in [6.07, 6.45) is 0. The average Bonchev–Trinajstić information content (AvgIpc) is 2.42. The summed E-state index contributed by atoms with van der Waals surface area (Å²) in [5.74, 6) is 0.587. The summed E-state index contributed by atoms with van der Waals surface area (Å²) in [6.45, 7) is 0.748. The van der Waals surface area contributed by atoms with Crippen LogP contribution in [-0.4, -0.2) is 26.5 Å². The van der Waals surface area contributed by atoms with Gasteiger partial charge in [-0.25, -0.2) is 8.42 Å². The molecule has 2 heterocycles. The number of halogens is 1. The number of anilines is 1. The summed E-state index contributed by atoms with van der Waals surface area (Å²) in [5, 5.41) is 3.28. The van der Waals surface area contributed by atoms with Crippen LogP contribution in [0.25, 0.3) is 0 Å². The molecule has 1 fully saturated rings. The maximum atomic E-state index is 11.3. The van der Waals surface area contributed by atoms with Gasteiger partial charge in [0.2, 0.25) is 0 Å². The Bertz CT molecular complexity index is 526. The number of benzene rings is 1. The van der Waals surface area contributed by atoms with E-state index >= 15 is 0 Å². The lowest BCUT2D eigenvalue weighted by atomic mass is 9.85. The van der Waals surface area contributed by atoms with Gasteiger partial charge in [-0.3, -0.25) is 0 Å². The maximum Gasteiger partial charge on any atom is 0.152 e. The van der Waals surface area contributed by atoms with Crippen molar-refractivity contribution >= 4 is 31.5 Å². The molecule has 2 aliphatic heterocycles. The fourth-order valence-electron chi connectivity index (χ4n) is 2.54. The van der Waals surface area contributed by atoms with Crippen molar-refractivity contribution in [2.24, 2.45) is 0 Å². The van der Waals surface area contributed by atoms with Crippen LogP contribution in [0.3, 0.4) is 0 Å². The second kappa shape index (κ2) is 2.77. The molecule has 0 aromatic heterocycles. The topological polar surface area (TPSA) is 46.2 Å². The van der Waals surface area contributed by atoms with E-state index in [1.165, 1.54) is 0 Å². The van der Waals surface area contributed by atoms with Crippen LogP contribution in [-0.2, 0) is 15.3 Å². The van der Waals surface area contributed by atoms with Crippen LogP contribution in [0.2, 0.25) is 0 Å². The maximum absolute atomic E-state index is 11.3. The third kappa shape index (κ3) is 1.33. The van der Waals surface area contributed by atoms with Gasteiger partial charge in [0.1, 0.15) is 0 Å². The quantitative estimate of drug-likeness (QED) is 0.787. The molecule has 80 valence electrons. The van der Waals surface area contributed by atoms with Crippen LogP contribution in [0, 0.1) is 0 Å². The molecule has 1 aromatic rings. The van der Waals surface area contributed by atoms with Crippen molar-refractivity contribution in [2.75, 3.05) is 23.4 Å². The smallest absolute Gasteiger partial charge is 0.152 e. The summed E-state index contributed by atoms with van der Waals surface area (Å²) in [5.41, 5.74) is 2.08. The number of nitrogens with one attached hydrogen (secondary N) is 1. The zero-order valence-electron chi connectivity index (χ0n) is 7.96. The second-order valence-electron chi connectivity index (χ2n) is 4.36. The fraction of sp³-hybridized carbons (Fsp3) is 0.400. The van der Waals surface area contributed by atoms with Crippen LogP contribution >= 0.6 is 15.9 Å². The normalized spacial score (nSPS) is 24.3. The highest BCUT2D eigenvalue weighted by Crippen LogP contribution is 2.45. The minimum absolute atomic E-state index is 0.144. The van der Waals surface area contributed by atoms with Crippen LogP contribution in [0.4, 0.5) is 5.69 Å². The summed E-state index contributed by atoms with van der Waals surface area (Å²) in [6, 6.07) is 6.00. The largest absolute Gasteiger partial charge is 0.384 e.